The highest BCUT2D eigenvalue weighted by atomic mass is 79.9. The molecule has 16 heavy (non-hydrogen) atoms. The topological polar surface area (TPSA) is 35.5 Å². The molecule has 0 saturated heterocycles. The van der Waals surface area contributed by atoms with E-state index in [-0.39, 0.29) is 5.56 Å². The first-order valence-corrected chi connectivity index (χ1v) is 6.23. The monoisotopic (exact) mass is 306 g/mol. The van der Waals surface area contributed by atoms with Gasteiger partial charge in [-0.05, 0) is 24.6 Å². The van der Waals surface area contributed by atoms with Gasteiger partial charge in [0, 0.05) is 5.33 Å². The van der Waals surface area contributed by atoms with Crippen LogP contribution in [0.3, 0.4) is 0 Å². The summed E-state index contributed by atoms with van der Waals surface area (Å²) in [5.74, 6) is -0.0362. The van der Waals surface area contributed by atoms with E-state index in [9.17, 15) is 4.79 Å². The predicted molar refractivity (Wildman–Crippen MR) is 66.6 cm³/mol. The van der Waals surface area contributed by atoms with E-state index in [4.69, 9.17) is 21.1 Å². The number of carbonyl (C=O) groups is 1. The summed E-state index contributed by atoms with van der Waals surface area (Å²) in [6.45, 7) is 2.05. The number of halogens is 2. The third-order valence-corrected chi connectivity index (χ3v) is 2.91. The highest BCUT2D eigenvalue weighted by Crippen LogP contribution is 2.30. The summed E-state index contributed by atoms with van der Waals surface area (Å²) < 4.78 is 10.0. The molecule has 1 aromatic rings. The molecule has 0 saturated carbocycles. The highest BCUT2D eigenvalue weighted by molar-refractivity contribution is 9.08. The van der Waals surface area contributed by atoms with Crippen LogP contribution in [0.4, 0.5) is 0 Å². The van der Waals surface area contributed by atoms with Crippen LogP contribution in [0.5, 0.6) is 5.75 Å². The molecule has 0 aliphatic rings. The van der Waals surface area contributed by atoms with Crippen LogP contribution in [-0.4, -0.2) is 19.7 Å². The first kappa shape index (κ1) is 13.3. The van der Waals surface area contributed by atoms with Gasteiger partial charge in [0.1, 0.15) is 11.3 Å². The molecule has 5 heteroatoms. The Labute approximate surface area is 108 Å². The van der Waals surface area contributed by atoms with Gasteiger partial charge in [0.2, 0.25) is 0 Å². The van der Waals surface area contributed by atoms with E-state index in [0.29, 0.717) is 22.7 Å². The zero-order valence-electron chi connectivity index (χ0n) is 9.05. The third-order valence-electron chi connectivity index (χ3n) is 1.97. The van der Waals surface area contributed by atoms with Crippen molar-refractivity contribution < 1.29 is 14.3 Å². The van der Waals surface area contributed by atoms with Crippen molar-refractivity contribution in [3.8, 4) is 5.75 Å². The number of alkyl halides is 1. The molecule has 0 bridgehead atoms. The molecule has 0 amide bonds. The maximum Gasteiger partial charge on any atom is 0.343 e. The standard InChI is InChI=1S/C11H12BrClO3/c1-3-16-11(14)10-8(13)4-7(6-12)5-9(10)15-2/h4-5H,3,6H2,1-2H3. The second-order valence-electron chi connectivity index (χ2n) is 3.01. The molecule has 0 aliphatic heterocycles. The number of esters is 1. The van der Waals surface area contributed by atoms with Crippen molar-refractivity contribution in [3.63, 3.8) is 0 Å². The lowest BCUT2D eigenvalue weighted by Gasteiger charge is -2.11. The Bertz CT molecular complexity index is 393. The predicted octanol–water partition coefficient (Wildman–Crippen LogP) is 3.42. The Morgan fingerprint density at radius 3 is 2.69 bits per heavy atom. The molecule has 0 aromatic heterocycles. The maximum absolute atomic E-state index is 11.6. The van der Waals surface area contributed by atoms with Crippen LogP contribution in [0.2, 0.25) is 5.02 Å². The van der Waals surface area contributed by atoms with Gasteiger partial charge in [-0.25, -0.2) is 4.79 Å². The summed E-state index contributed by atoms with van der Waals surface area (Å²) >= 11 is 9.34. The van der Waals surface area contributed by atoms with Crippen LogP contribution in [0.1, 0.15) is 22.8 Å². The number of ether oxygens (including phenoxy) is 2. The molecule has 0 radical (unpaired) electrons. The van der Waals surface area contributed by atoms with Crippen LogP contribution in [0.15, 0.2) is 12.1 Å². The Morgan fingerprint density at radius 2 is 2.19 bits per heavy atom. The minimum atomic E-state index is -0.467. The maximum atomic E-state index is 11.6. The largest absolute Gasteiger partial charge is 0.496 e. The molecule has 0 heterocycles. The quantitative estimate of drug-likeness (QED) is 0.631. The number of hydrogen-bond acceptors (Lipinski definition) is 3. The second-order valence-corrected chi connectivity index (χ2v) is 3.98. The minimum Gasteiger partial charge on any atom is -0.496 e. The fraction of sp³-hybridized carbons (Fsp3) is 0.364. The second kappa shape index (κ2) is 6.11. The van der Waals surface area contributed by atoms with Gasteiger partial charge in [-0.15, -0.1) is 0 Å². The molecule has 0 N–H and O–H groups in total. The summed E-state index contributed by atoms with van der Waals surface area (Å²) in [7, 11) is 1.49. The Kier molecular flexibility index (Phi) is 5.09. The molecule has 1 rings (SSSR count). The van der Waals surface area contributed by atoms with Gasteiger partial charge in [0.25, 0.3) is 0 Å². The Morgan fingerprint density at radius 1 is 1.50 bits per heavy atom. The molecule has 0 fully saturated rings. The summed E-state index contributed by atoms with van der Waals surface area (Å²) in [4.78, 5) is 11.6. The van der Waals surface area contributed by atoms with E-state index in [1.807, 2.05) is 0 Å². The summed E-state index contributed by atoms with van der Waals surface area (Å²) in [6.07, 6.45) is 0. The summed E-state index contributed by atoms with van der Waals surface area (Å²) in [6, 6.07) is 3.47. The third kappa shape index (κ3) is 2.89. The van der Waals surface area contributed by atoms with Gasteiger partial charge in [-0.2, -0.15) is 0 Å². The van der Waals surface area contributed by atoms with Crippen molar-refractivity contribution in [2.24, 2.45) is 0 Å². The van der Waals surface area contributed by atoms with E-state index in [1.54, 1.807) is 19.1 Å². The smallest absolute Gasteiger partial charge is 0.343 e. The Hall–Kier alpha value is -0.740. The molecule has 1 aromatic carbocycles. The molecule has 0 aliphatic carbocycles. The number of methoxy groups -OCH3 is 1. The highest BCUT2D eigenvalue weighted by Gasteiger charge is 2.18. The zero-order valence-corrected chi connectivity index (χ0v) is 11.4. The number of carbonyl (C=O) groups excluding carboxylic acids is 1. The van der Waals surface area contributed by atoms with Crippen LogP contribution in [0.25, 0.3) is 0 Å². The lowest BCUT2D eigenvalue weighted by Crippen LogP contribution is -2.08. The Balaban J connectivity index is 3.21. The lowest BCUT2D eigenvalue weighted by molar-refractivity contribution is 0.0523. The number of rotatable bonds is 4. The fourth-order valence-electron chi connectivity index (χ4n) is 1.27. The first-order valence-electron chi connectivity index (χ1n) is 4.73. The van der Waals surface area contributed by atoms with Crippen LogP contribution in [0, 0.1) is 0 Å². The zero-order chi connectivity index (χ0) is 12.1. The van der Waals surface area contributed by atoms with Crippen molar-refractivity contribution in [3.05, 3.63) is 28.3 Å². The average Bonchev–Trinajstić information content (AvgIpc) is 2.27. The number of benzene rings is 1. The number of hydrogen-bond donors (Lipinski definition) is 0. The van der Waals surface area contributed by atoms with E-state index in [0.717, 1.165) is 5.56 Å². The van der Waals surface area contributed by atoms with Crippen LogP contribution < -0.4 is 4.74 Å². The van der Waals surface area contributed by atoms with Crippen molar-refractivity contribution in [2.75, 3.05) is 13.7 Å². The van der Waals surface area contributed by atoms with Gasteiger partial charge in [-0.3, -0.25) is 0 Å². The molecule has 0 atom stereocenters. The normalized spacial score (nSPS) is 10.0. The van der Waals surface area contributed by atoms with Gasteiger partial charge < -0.3 is 9.47 Å². The summed E-state index contributed by atoms with van der Waals surface area (Å²) in [5, 5.41) is 0.985. The minimum absolute atomic E-state index is 0.274. The van der Waals surface area contributed by atoms with Crippen LogP contribution >= 0.6 is 27.5 Å². The molecule has 0 spiro atoms. The van der Waals surface area contributed by atoms with E-state index in [2.05, 4.69) is 15.9 Å². The molecule has 88 valence electrons. The van der Waals surface area contributed by atoms with Gasteiger partial charge in [-0.1, -0.05) is 27.5 Å². The fourth-order valence-corrected chi connectivity index (χ4v) is 1.91. The molecule has 3 nitrogen and oxygen atoms in total. The van der Waals surface area contributed by atoms with E-state index in [1.165, 1.54) is 7.11 Å². The molecule has 0 unspecified atom stereocenters. The SMILES string of the molecule is CCOC(=O)c1c(Cl)cc(CBr)cc1OC. The van der Waals surface area contributed by atoms with Crippen molar-refractivity contribution in [1.29, 1.82) is 0 Å². The van der Waals surface area contributed by atoms with Crippen molar-refractivity contribution >= 4 is 33.5 Å². The first-order chi connectivity index (χ1) is 7.63. The lowest BCUT2D eigenvalue weighted by atomic mass is 10.1. The van der Waals surface area contributed by atoms with Gasteiger partial charge in [0.15, 0.2) is 0 Å². The van der Waals surface area contributed by atoms with Crippen molar-refractivity contribution in [1.82, 2.24) is 0 Å². The van der Waals surface area contributed by atoms with Crippen molar-refractivity contribution in [2.45, 2.75) is 12.3 Å². The van der Waals surface area contributed by atoms with Crippen LogP contribution in [-0.2, 0) is 10.1 Å². The summed E-state index contributed by atoms with van der Waals surface area (Å²) in [5.41, 5.74) is 1.21. The van der Waals surface area contributed by atoms with E-state index >= 15 is 0 Å². The average molecular weight is 308 g/mol. The molecular formula is C11H12BrClO3. The van der Waals surface area contributed by atoms with E-state index < -0.39 is 5.97 Å². The molecular weight excluding hydrogens is 295 g/mol. The van der Waals surface area contributed by atoms with Gasteiger partial charge >= 0.3 is 5.97 Å². The van der Waals surface area contributed by atoms with Gasteiger partial charge in [0.05, 0.1) is 18.7 Å².